The van der Waals surface area contributed by atoms with Gasteiger partial charge in [-0.25, -0.2) is 0 Å². The van der Waals surface area contributed by atoms with E-state index < -0.39 is 13.3 Å². The molecule has 236 valence electrons. The fraction of sp³-hybridized carbons (Fsp3) is 0.500. The van der Waals surface area contributed by atoms with Crippen molar-refractivity contribution in [2.75, 3.05) is 57.7 Å². The Hall–Kier alpha value is -2.85. The molecule has 43 heavy (non-hydrogen) atoms. The van der Waals surface area contributed by atoms with Crippen molar-refractivity contribution in [1.82, 2.24) is 5.32 Å². The smallest absolute Gasteiger partial charge is 0.330 e. The van der Waals surface area contributed by atoms with Gasteiger partial charge in [0.25, 0.3) is 0 Å². The Morgan fingerprint density at radius 3 is 2.14 bits per heavy atom. The predicted molar refractivity (Wildman–Crippen MR) is 168 cm³/mol. The number of carbonyl (C=O) groups excluding carboxylic acids is 2. The van der Waals surface area contributed by atoms with Gasteiger partial charge in [-0.05, 0) is 35.6 Å². The Labute approximate surface area is 254 Å². The van der Waals surface area contributed by atoms with Gasteiger partial charge < -0.3 is 33.8 Å². The number of nitrogens with one attached hydrogen (secondary N) is 1. The maximum absolute atomic E-state index is 13.3. The molecule has 10 nitrogen and oxygen atoms in total. The summed E-state index contributed by atoms with van der Waals surface area (Å²) in [5, 5.41) is 2.84. The molecule has 2 aromatic rings. The Kier molecular flexibility index (Phi) is 15.1. The van der Waals surface area contributed by atoms with Crippen LogP contribution in [0.1, 0.15) is 56.2 Å². The quantitative estimate of drug-likeness (QED) is 0.166. The second-order valence-electron chi connectivity index (χ2n) is 10.5. The number of para-hydroxylation sites is 1. The second kappa shape index (κ2) is 18.7. The molecule has 0 saturated heterocycles. The molecule has 0 spiro atoms. The molecule has 0 aliphatic carbocycles. The first-order valence-electron chi connectivity index (χ1n) is 14.9. The summed E-state index contributed by atoms with van der Waals surface area (Å²) < 4.78 is 32.8. The van der Waals surface area contributed by atoms with E-state index in [1.54, 1.807) is 13.8 Å². The van der Waals surface area contributed by atoms with Gasteiger partial charge in [0.05, 0.1) is 64.1 Å². The summed E-state index contributed by atoms with van der Waals surface area (Å²) in [5.41, 5.74) is 3.68. The maximum Gasteiger partial charge on any atom is 0.330 e. The molecule has 2 amide bonds. The van der Waals surface area contributed by atoms with Crippen LogP contribution in [0, 0.1) is 0 Å². The molecule has 2 N–H and O–H groups in total. The van der Waals surface area contributed by atoms with Gasteiger partial charge >= 0.3 is 7.60 Å². The van der Waals surface area contributed by atoms with E-state index in [4.69, 9.17) is 18.7 Å². The van der Waals surface area contributed by atoms with Crippen molar-refractivity contribution >= 4 is 37.2 Å². The van der Waals surface area contributed by atoms with Gasteiger partial charge in [0.15, 0.2) is 0 Å². The van der Waals surface area contributed by atoms with E-state index >= 15 is 0 Å². The van der Waals surface area contributed by atoms with E-state index in [0.717, 1.165) is 22.4 Å². The number of ether oxygens (including phenoxy) is 3. The van der Waals surface area contributed by atoms with Gasteiger partial charge in [-0.1, -0.05) is 68.5 Å². The van der Waals surface area contributed by atoms with E-state index in [1.165, 1.54) is 0 Å². The molecule has 2 aromatic carbocycles. The van der Waals surface area contributed by atoms with E-state index in [1.807, 2.05) is 41.3 Å². The summed E-state index contributed by atoms with van der Waals surface area (Å²) in [7, 11) is -3.56. The molecule has 0 bridgehead atoms. The zero-order valence-corrected chi connectivity index (χ0v) is 26.1. The summed E-state index contributed by atoms with van der Waals surface area (Å²) in [5.74, 6) is -0.0101. The van der Waals surface area contributed by atoms with Crippen molar-refractivity contribution in [3.63, 3.8) is 0 Å². The third-order valence-electron chi connectivity index (χ3n) is 6.87. The third-order valence-corrected chi connectivity index (χ3v) is 8.73. The molecule has 1 atom stereocenters. The summed E-state index contributed by atoms with van der Waals surface area (Å²) in [6.07, 6.45) is 6.14. The molecule has 1 unspecified atom stereocenters. The van der Waals surface area contributed by atoms with Gasteiger partial charge in [0, 0.05) is 19.4 Å². The first-order chi connectivity index (χ1) is 20.8. The topological polar surface area (TPSA) is 124 Å². The minimum Gasteiger partial charge on any atom is -0.377 e. The van der Waals surface area contributed by atoms with Gasteiger partial charge in [0.2, 0.25) is 11.8 Å². The molecule has 0 saturated carbocycles. The molecule has 1 heterocycles. The number of amides is 2. The Morgan fingerprint density at radius 1 is 0.837 bits per heavy atom. The number of benzene rings is 2. The number of rotatable bonds is 19. The molecule has 11 heteroatoms. The van der Waals surface area contributed by atoms with Gasteiger partial charge in [-0.15, -0.1) is 0 Å². The highest BCUT2D eigenvalue weighted by molar-refractivity contribution is 7.53. The number of nitrogens with zero attached hydrogens (tertiary/aromatic N) is 1. The van der Waals surface area contributed by atoms with Crippen LogP contribution in [-0.2, 0) is 39.4 Å². The molecular weight excluding hydrogens is 571 g/mol. The SMILES string of the molecule is CC(C)P(=O)(O)OCCOCCOCCOCCNC(=O)CCCCC(=O)N1Cc2ccccc2/C=C\c2ccccc21. The zero-order valence-electron chi connectivity index (χ0n) is 25.2. The first kappa shape index (κ1) is 34.6. The molecule has 3 rings (SSSR count). The third kappa shape index (κ3) is 12.3. The van der Waals surface area contributed by atoms with E-state index in [-0.39, 0.29) is 25.0 Å². The standard InChI is InChI=1S/C32H45N2O8P/c1-26(2)43(37,38)42-24-23-41-22-21-40-20-19-39-18-17-33-31(35)13-7-8-14-32(36)34-25-29-11-4-3-9-27(29)15-16-28-10-5-6-12-30(28)34/h3-6,9-12,15-16,26H,7-8,13-14,17-25H2,1-2H3,(H,33,35)(H,37,38)/b16-15-. The van der Waals surface area contributed by atoms with Crippen molar-refractivity contribution < 1.29 is 37.8 Å². The lowest BCUT2D eigenvalue weighted by molar-refractivity contribution is -0.122. The van der Waals surface area contributed by atoms with Crippen LogP contribution in [0.25, 0.3) is 12.2 Å². The van der Waals surface area contributed by atoms with Crippen molar-refractivity contribution in [3.8, 4) is 0 Å². The number of hydrogen-bond acceptors (Lipinski definition) is 7. The van der Waals surface area contributed by atoms with Crippen LogP contribution in [0.15, 0.2) is 48.5 Å². The lowest BCUT2D eigenvalue weighted by Crippen LogP contribution is -2.31. The first-order valence-corrected chi connectivity index (χ1v) is 16.5. The Bertz CT molecular complexity index is 1240. The average Bonchev–Trinajstić information content (AvgIpc) is 2.98. The fourth-order valence-electron chi connectivity index (χ4n) is 4.34. The largest absolute Gasteiger partial charge is 0.377 e. The molecule has 0 aromatic heterocycles. The average molecular weight is 617 g/mol. The van der Waals surface area contributed by atoms with Gasteiger partial charge in [-0.3, -0.25) is 14.2 Å². The molecule has 1 aliphatic rings. The molecular formula is C32H45N2O8P. The minimum atomic E-state index is -3.56. The predicted octanol–water partition coefficient (Wildman–Crippen LogP) is 5.04. The number of fused-ring (bicyclic) bond motifs is 2. The molecule has 0 fully saturated rings. The maximum atomic E-state index is 13.3. The summed E-state index contributed by atoms with van der Waals surface area (Å²) in [6.45, 7) is 6.34. The van der Waals surface area contributed by atoms with Crippen LogP contribution in [0.2, 0.25) is 0 Å². The van der Waals surface area contributed by atoms with E-state index in [9.17, 15) is 19.0 Å². The zero-order chi connectivity index (χ0) is 30.9. The highest BCUT2D eigenvalue weighted by Crippen LogP contribution is 2.46. The molecule has 1 aliphatic heterocycles. The van der Waals surface area contributed by atoms with E-state index in [0.29, 0.717) is 71.8 Å². The van der Waals surface area contributed by atoms with Gasteiger partial charge in [-0.2, -0.15) is 0 Å². The Morgan fingerprint density at radius 2 is 1.42 bits per heavy atom. The Balaban J connectivity index is 1.21. The van der Waals surface area contributed by atoms with Crippen molar-refractivity contribution in [3.05, 3.63) is 65.2 Å². The number of carbonyl (C=O) groups is 2. The summed E-state index contributed by atoms with van der Waals surface area (Å²) in [4.78, 5) is 36.9. The summed E-state index contributed by atoms with van der Waals surface area (Å²) >= 11 is 0. The minimum absolute atomic E-state index is 0.0500. The van der Waals surface area contributed by atoms with Crippen molar-refractivity contribution in [1.29, 1.82) is 0 Å². The van der Waals surface area contributed by atoms with Crippen molar-refractivity contribution in [2.45, 2.75) is 51.7 Å². The highest BCUT2D eigenvalue weighted by atomic mass is 31.2. The fourth-order valence-corrected chi connectivity index (χ4v) is 4.97. The summed E-state index contributed by atoms with van der Waals surface area (Å²) in [6, 6.07) is 16.0. The lowest BCUT2D eigenvalue weighted by Gasteiger charge is -2.27. The van der Waals surface area contributed by atoms with Crippen LogP contribution in [0.4, 0.5) is 5.69 Å². The van der Waals surface area contributed by atoms with E-state index in [2.05, 4.69) is 29.6 Å². The van der Waals surface area contributed by atoms with Crippen LogP contribution < -0.4 is 10.2 Å². The highest BCUT2D eigenvalue weighted by Gasteiger charge is 2.24. The second-order valence-corrected chi connectivity index (χ2v) is 12.9. The number of unbranched alkanes of at least 4 members (excludes halogenated alkanes) is 1. The normalized spacial score (nSPS) is 14.7. The number of anilines is 1. The number of hydrogen-bond donors (Lipinski definition) is 2. The van der Waals surface area contributed by atoms with Crippen LogP contribution in [0.5, 0.6) is 0 Å². The monoisotopic (exact) mass is 616 g/mol. The van der Waals surface area contributed by atoms with Crippen molar-refractivity contribution in [2.24, 2.45) is 0 Å². The van der Waals surface area contributed by atoms with Crippen LogP contribution >= 0.6 is 7.60 Å². The van der Waals surface area contributed by atoms with Crippen LogP contribution in [-0.4, -0.2) is 75.2 Å². The molecule has 0 radical (unpaired) electrons. The van der Waals surface area contributed by atoms with Gasteiger partial charge in [0.1, 0.15) is 0 Å². The lowest BCUT2D eigenvalue weighted by atomic mass is 10.0. The van der Waals surface area contributed by atoms with Crippen LogP contribution in [0.3, 0.4) is 0 Å².